The first-order chi connectivity index (χ1) is 19.5. The van der Waals surface area contributed by atoms with Gasteiger partial charge in [0, 0.05) is 43.7 Å². The number of hydrazine groups is 1. The molecule has 0 spiro atoms. The SMILES string of the molecule is C[C@H]1C2=CNN(c3ccc(F)cc3)C2=CC2=C1[C@@H](CC(NC(=O)N(C)Cc1ccncc1)c1ccccc1)CC2. The number of hydrogen-bond acceptors (Lipinski definition) is 4. The number of aromatic nitrogens is 1. The molecule has 0 bridgehead atoms. The number of halogens is 1. The van der Waals surface area contributed by atoms with Gasteiger partial charge in [-0.3, -0.25) is 9.99 Å². The van der Waals surface area contributed by atoms with Crippen LogP contribution in [-0.2, 0) is 6.54 Å². The summed E-state index contributed by atoms with van der Waals surface area (Å²) in [7, 11) is 1.83. The fourth-order valence-corrected chi connectivity index (χ4v) is 6.30. The fraction of sp³-hybridized carbons (Fsp3) is 0.273. The van der Waals surface area contributed by atoms with Crippen molar-refractivity contribution < 1.29 is 9.18 Å². The van der Waals surface area contributed by atoms with Crippen LogP contribution in [0.15, 0.2) is 114 Å². The summed E-state index contributed by atoms with van der Waals surface area (Å²) in [4.78, 5) is 19.1. The van der Waals surface area contributed by atoms with Crippen molar-refractivity contribution in [2.75, 3.05) is 12.1 Å². The molecule has 7 heteroatoms. The highest BCUT2D eigenvalue weighted by molar-refractivity contribution is 5.74. The largest absolute Gasteiger partial charge is 0.331 e. The lowest BCUT2D eigenvalue weighted by atomic mass is 9.78. The molecule has 6 nitrogen and oxygen atoms in total. The summed E-state index contributed by atoms with van der Waals surface area (Å²) in [5.74, 6) is 0.371. The van der Waals surface area contributed by atoms with Gasteiger partial charge in [-0.1, -0.05) is 42.8 Å². The van der Waals surface area contributed by atoms with Gasteiger partial charge in [-0.2, -0.15) is 0 Å². The van der Waals surface area contributed by atoms with Crippen molar-refractivity contribution in [1.82, 2.24) is 20.6 Å². The molecule has 1 unspecified atom stereocenters. The van der Waals surface area contributed by atoms with Gasteiger partial charge in [0.2, 0.25) is 0 Å². The fourth-order valence-electron chi connectivity index (χ4n) is 6.30. The molecule has 40 heavy (non-hydrogen) atoms. The van der Waals surface area contributed by atoms with E-state index in [1.54, 1.807) is 29.4 Å². The summed E-state index contributed by atoms with van der Waals surface area (Å²) in [5.41, 5.74) is 11.7. The number of fused-ring (bicyclic) bond motifs is 1. The van der Waals surface area contributed by atoms with Crippen LogP contribution in [0.2, 0.25) is 0 Å². The number of urea groups is 1. The van der Waals surface area contributed by atoms with Gasteiger partial charge in [0.05, 0.1) is 17.4 Å². The first kappa shape index (κ1) is 25.9. The number of amides is 2. The number of pyridine rings is 1. The zero-order valence-corrected chi connectivity index (χ0v) is 22.8. The van der Waals surface area contributed by atoms with Gasteiger partial charge in [0.1, 0.15) is 5.82 Å². The Hall–Kier alpha value is -4.39. The molecule has 2 amide bonds. The average molecular weight is 536 g/mol. The lowest BCUT2D eigenvalue weighted by molar-refractivity contribution is 0.200. The second-order valence-corrected chi connectivity index (χ2v) is 10.9. The quantitative estimate of drug-likeness (QED) is 0.356. The molecular formula is C33H34FN5O. The van der Waals surface area contributed by atoms with E-state index in [1.807, 2.05) is 42.4 Å². The summed E-state index contributed by atoms with van der Waals surface area (Å²) in [6.07, 6.45) is 10.8. The Morgan fingerprint density at radius 2 is 1.88 bits per heavy atom. The number of benzene rings is 2. The first-order valence-corrected chi connectivity index (χ1v) is 13.9. The Kier molecular flexibility index (Phi) is 7.11. The second kappa shape index (κ2) is 11.0. The molecule has 0 saturated carbocycles. The van der Waals surface area contributed by atoms with Gasteiger partial charge in [-0.05, 0) is 84.4 Å². The number of rotatable bonds is 7. The van der Waals surface area contributed by atoms with Gasteiger partial charge in [0.25, 0.3) is 0 Å². The van der Waals surface area contributed by atoms with Crippen LogP contribution >= 0.6 is 0 Å². The van der Waals surface area contributed by atoms with Crippen molar-refractivity contribution in [2.45, 2.75) is 38.8 Å². The molecule has 3 aromatic rings. The van der Waals surface area contributed by atoms with Gasteiger partial charge < -0.3 is 15.6 Å². The Bertz CT molecular complexity index is 1470. The maximum atomic E-state index is 13.5. The molecule has 2 aromatic carbocycles. The predicted octanol–water partition coefficient (Wildman–Crippen LogP) is 6.64. The number of nitrogens with one attached hydrogen (secondary N) is 2. The Balaban J connectivity index is 1.22. The summed E-state index contributed by atoms with van der Waals surface area (Å²) in [6.45, 7) is 2.80. The van der Waals surface area contributed by atoms with E-state index in [4.69, 9.17) is 0 Å². The summed E-state index contributed by atoms with van der Waals surface area (Å²) < 4.78 is 13.5. The van der Waals surface area contributed by atoms with Gasteiger partial charge in [0.15, 0.2) is 0 Å². The molecule has 2 heterocycles. The highest BCUT2D eigenvalue weighted by Gasteiger charge is 2.39. The summed E-state index contributed by atoms with van der Waals surface area (Å²) in [6, 6.07) is 20.5. The molecule has 204 valence electrons. The van der Waals surface area contributed by atoms with E-state index in [2.05, 4.69) is 47.1 Å². The van der Waals surface area contributed by atoms with E-state index in [0.29, 0.717) is 12.5 Å². The standard InChI is InChI=1S/C33H34FN5O/c1-22-29-20-36-39(28-12-10-27(34)11-13-28)31(29)19-26-9-8-25(32(22)26)18-30(24-6-4-3-5-7-24)37-33(40)38(2)21-23-14-16-35-17-15-23/h3-7,10-17,19-20,22,25,30,36H,8-9,18,21H2,1-2H3,(H,37,40)/t22-,25+,30?/m0/s1. The molecule has 2 N–H and O–H groups in total. The van der Waals surface area contributed by atoms with Crippen molar-refractivity contribution in [3.8, 4) is 0 Å². The van der Waals surface area contributed by atoms with Crippen LogP contribution in [-0.4, -0.2) is 23.0 Å². The Morgan fingerprint density at radius 1 is 1.12 bits per heavy atom. The van der Waals surface area contributed by atoms with Crippen LogP contribution in [0.25, 0.3) is 0 Å². The highest BCUT2D eigenvalue weighted by atomic mass is 19.1. The number of carbonyl (C=O) groups is 1. The normalized spacial score (nSPS) is 20.2. The monoisotopic (exact) mass is 535 g/mol. The first-order valence-electron chi connectivity index (χ1n) is 13.9. The Labute approximate surface area is 234 Å². The summed E-state index contributed by atoms with van der Waals surface area (Å²) >= 11 is 0. The third kappa shape index (κ3) is 5.11. The molecule has 2 aliphatic carbocycles. The number of nitrogens with zero attached hydrogens (tertiary/aromatic N) is 3. The smallest absolute Gasteiger partial charge is 0.317 e. The number of carbonyl (C=O) groups excluding carboxylic acids is 1. The van der Waals surface area contributed by atoms with Gasteiger partial charge >= 0.3 is 6.03 Å². The highest BCUT2D eigenvalue weighted by Crippen LogP contribution is 2.49. The molecule has 3 atom stereocenters. The van der Waals surface area contributed by atoms with E-state index < -0.39 is 0 Å². The molecule has 1 aromatic heterocycles. The van der Waals surface area contributed by atoms with Crippen molar-refractivity contribution in [3.05, 3.63) is 131 Å². The van der Waals surface area contributed by atoms with Gasteiger partial charge in [-0.15, -0.1) is 0 Å². The van der Waals surface area contributed by atoms with Crippen LogP contribution in [0, 0.1) is 17.7 Å². The third-order valence-electron chi connectivity index (χ3n) is 8.32. The molecule has 0 saturated heterocycles. The predicted molar refractivity (Wildman–Crippen MR) is 155 cm³/mol. The molecular weight excluding hydrogens is 501 g/mol. The van der Waals surface area contributed by atoms with E-state index in [0.717, 1.165) is 41.8 Å². The molecule has 0 fully saturated rings. The summed E-state index contributed by atoms with van der Waals surface area (Å²) in [5, 5.41) is 5.37. The van der Waals surface area contributed by atoms with E-state index >= 15 is 0 Å². The third-order valence-corrected chi connectivity index (χ3v) is 8.32. The molecule has 0 radical (unpaired) electrons. The van der Waals surface area contributed by atoms with Gasteiger partial charge in [-0.25, -0.2) is 9.18 Å². The topological polar surface area (TPSA) is 60.5 Å². The van der Waals surface area contributed by atoms with Crippen LogP contribution in [0.4, 0.5) is 14.9 Å². The minimum atomic E-state index is -0.241. The van der Waals surface area contributed by atoms with Crippen LogP contribution < -0.4 is 15.8 Å². The molecule has 1 aliphatic heterocycles. The second-order valence-electron chi connectivity index (χ2n) is 10.9. The van der Waals surface area contributed by atoms with Crippen LogP contribution in [0.3, 0.4) is 0 Å². The number of hydrogen-bond donors (Lipinski definition) is 2. The van der Waals surface area contributed by atoms with Crippen molar-refractivity contribution in [1.29, 1.82) is 0 Å². The number of allylic oxidation sites excluding steroid dienone is 4. The van der Waals surface area contributed by atoms with Crippen LogP contribution in [0.5, 0.6) is 0 Å². The minimum Gasteiger partial charge on any atom is -0.331 e. The lowest BCUT2D eigenvalue weighted by Gasteiger charge is -2.32. The maximum Gasteiger partial charge on any atom is 0.317 e. The lowest BCUT2D eigenvalue weighted by Crippen LogP contribution is -2.39. The number of anilines is 1. The molecule has 3 aliphatic rings. The zero-order chi connectivity index (χ0) is 27.6. The van der Waals surface area contributed by atoms with Crippen molar-refractivity contribution >= 4 is 11.7 Å². The molecule has 6 rings (SSSR count). The van der Waals surface area contributed by atoms with Crippen molar-refractivity contribution in [2.24, 2.45) is 11.8 Å². The van der Waals surface area contributed by atoms with E-state index in [-0.39, 0.29) is 23.8 Å². The minimum absolute atomic E-state index is 0.0885. The van der Waals surface area contributed by atoms with E-state index in [9.17, 15) is 9.18 Å². The van der Waals surface area contributed by atoms with E-state index in [1.165, 1.54) is 28.9 Å². The Morgan fingerprint density at radius 3 is 2.62 bits per heavy atom. The average Bonchev–Trinajstić information content (AvgIpc) is 3.59. The van der Waals surface area contributed by atoms with Crippen LogP contribution in [0.1, 0.15) is 43.4 Å². The van der Waals surface area contributed by atoms with Crippen molar-refractivity contribution in [3.63, 3.8) is 0 Å². The maximum absolute atomic E-state index is 13.5. The zero-order valence-electron chi connectivity index (χ0n) is 22.8.